The molecule has 1 rings (SSSR count). The van der Waals surface area contributed by atoms with Crippen LogP contribution in [0.25, 0.3) is 0 Å². The van der Waals surface area contributed by atoms with Crippen molar-refractivity contribution in [3.05, 3.63) is 23.8 Å². The molecule has 0 bridgehead atoms. The van der Waals surface area contributed by atoms with Crippen molar-refractivity contribution in [1.82, 2.24) is 0 Å². The second-order valence-electron chi connectivity index (χ2n) is 2.37. The molecular formula is C9H11NaO4. The van der Waals surface area contributed by atoms with Crippen LogP contribution in [0.2, 0.25) is 0 Å². The topological polar surface area (TPSA) is 55.8 Å². The van der Waals surface area contributed by atoms with Crippen LogP contribution in [0.5, 0.6) is 11.5 Å². The summed E-state index contributed by atoms with van der Waals surface area (Å²) in [7, 11) is 2.93. The third-order valence-corrected chi connectivity index (χ3v) is 1.64. The Hall–Kier alpha value is -0.710. The Bertz CT molecular complexity index is 325. The number of rotatable bonds is 3. The van der Waals surface area contributed by atoms with Crippen molar-refractivity contribution in [3.8, 4) is 11.5 Å². The minimum atomic E-state index is -1.01. The van der Waals surface area contributed by atoms with Gasteiger partial charge in [0.1, 0.15) is 17.1 Å². The van der Waals surface area contributed by atoms with Gasteiger partial charge < -0.3 is 14.6 Å². The molecule has 0 heterocycles. The molecule has 0 aromatic heterocycles. The van der Waals surface area contributed by atoms with Crippen LogP contribution >= 0.6 is 0 Å². The molecule has 4 nitrogen and oxygen atoms in total. The first kappa shape index (κ1) is 13.3. The van der Waals surface area contributed by atoms with Gasteiger partial charge >= 0.3 is 35.5 Å². The summed E-state index contributed by atoms with van der Waals surface area (Å²) in [6.45, 7) is 0. The third-order valence-electron chi connectivity index (χ3n) is 1.64. The van der Waals surface area contributed by atoms with Crippen molar-refractivity contribution in [3.63, 3.8) is 0 Å². The number of carbonyl (C=O) groups is 1. The molecule has 0 spiro atoms. The fraction of sp³-hybridized carbons (Fsp3) is 0.222. The fourth-order valence-electron chi connectivity index (χ4n) is 0.975. The molecule has 0 unspecified atom stereocenters. The molecule has 1 aromatic carbocycles. The van der Waals surface area contributed by atoms with E-state index in [1.54, 1.807) is 6.07 Å². The van der Waals surface area contributed by atoms with E-state index in [4.69, 9.17) is 14.6 Å². The second-order valence-corrected chi connectivity index (χ2v) is 2.37. The van der Waals surface area contributed by atoms with Crippen molar-refractivity contribution in [2.24, 2.45) is 0 Å². The molecule has 0 aliphatic heterocycles. The van der Waals surface area contributed by atoms with E-state index >= 15 is 0 Å². The molecule has 0 saturated heterocycles. The van der Waals surface area contributed by atoms with Crippen LogP contribution in [-0.2, 0) is 0 Å². The Morgan fingerprint density at radius 2 is 1.93 bits per heavy atom. The fourth-order valence-corrected chi connectivity index (χ4v) is 0.975. The Morgan fingerprint density at radius 3 is 2.36 bits per heavy atom. The van der Waals surface area contributed by atoms with Crippen LogP contribution in [0.4, 0.5) is 0 Å². The molecule has 0 amide bonds. The average Bonchev–Trinajstić information content (AvgIpc) is 2.16. The number of methoxy groups -OCH3 is 2. The van der Waals surface area contributed by atoms with Gasteiger partial charge in [-0.1, -0.05) is 0 Å². The summed E-state index contributed by atoms with van der Waals surface area (Å²) in [6, 6.07) is 4.55. The Balaban J connectivity index is 0.00000169. The molecule has 0 aliphatic rings. The second kappa shape index (κ2) is 5.90. The Labute approximate surface area is 104 Å². The van der Waals surface area contributed by atoms with Crippen molar-refractivity contribution in [2.75, 3.05) is 14.2 Å². The number of aromatic carboxylic acids is 1. The first-order valence-electron chi connectivity index (χ1n) is 3.64. The number of hydrogen-bond acceptors (Lipinski definition) is 3. The number of carboxylic acids is 1. The standard InChI is InChI=1S/C9H10O4.Na.H/c1-12-6-3-4-7(9(10)11)8(5-6)13-2;;/h3-5H,1-2H3,(H,10,11);;. The van der Waals surface area contributed by atoms with E-state index in [1.165, 1.54) is 26.4 Å². The summed E-state index contributed by atoms with van der Waals surface area (Å²) in [5, 5.41) is 8.74. The molecule has 1 aromatic rings. The van der Waals surface area contributed by atoms with Crippen LogP contribution in [0.1, 0.15) is 10.4 Å². The van der Waals surface area contributed by atoms with Gasteiger partial charge in [-0.2, -0.15) is 0 Å². The zero-order chi connectivity index (χ0) is 9.84. The maximum atomic E-state index is 10.7. The number of benzene rings is 1. The molecule has 0 atom stereocenters. The van der Waals surface area contributed by atoms with Crippen LogP contribution in [0, 0.1) is 0 Å². The molecule has 0 radical (unpaired) electrons. The SMILES string of the molecule is COc1ccc(C(=O)O)c(OC)c1.[NaH]. The van der Waals surface area contributed by atoms with E-state index in [1.807, 2.05) is 0 Å². The van der Waals surface area contributed by atoms with Gasteiger partial charge in [0.2, 0.25) is 0 Å². The molecule has 0 fully saturated rings. The van der Waals surface area contributed by atoms with Gasteiger partial charge in [0.05, 0.1) is 14.2 Å². The van der Waals surface area contributed by atoms with Gasteiger partial charge in [0.15, 0.2) is 0 Å². The first-order valence-corrected chi connectivity index (χ1v) is 3.64. The van der Waals surface area contributed by atoms with Gasteiger partial charge in [-0.3, -0.25) is 0 Å². The Kier molecular flexibility index (Phi) is 5.60. The molecular weight excluding hydrogens is 195 g/mol. The van der Waals surface area contributed by atoms with Crippen LogP contribution in [0.3, 0.4) is 0 Å². The first-order chi connectivity index (χ1) is 6.19. The maximum absolute atomic E-state index is 10.7. The van der Waals surface area contributed by atoms with Gasteiger partial charge in [-0.25, -0.2) is 4.79 Å². The van der Waals surface area contributed by atoms with E-state index in [-0.39, 0.29) is 35.1 Å². The van der Waals surface area contributed by atoms with E-state index in [0.29, 0.717) is 11.5 Å². The van der Waals surface area contributed by atoms with Crippen molar-refractivity contribution < 1.29 is 19.4 Å². The van der Waals surface area contributed by atoms with Crippen LogP contribution in [-0.4, -0.2) is 54.9 Å². The number of hydrogen-bond donors (Lipinski definition) is 1. The summed E-state index contributed by atoms with van der Waals surface area (Å²) < 4.78 is 9.81. The quantitative estimate of drug-likeness (QED) is 0.741. The monoisotopic (exact) mass is 206 g/mol. The Morgan fingerprint density at radius 1 is 1.29 bits per heavy atom. The van der Waals surface area contributed by atoms with Crippen LogP contribution in [0.15, 0.2) is 18.2 Å². The normalized spacial score (nSPS) is 8.71. The third kappa shape index (κ3) is 2.90. The summed E-state index contributed by atoms with van der Waals surface area (Å²) in [5.74, 6) is -0.145. The molecule has 14 heavy (non-hydrogen) atoms. The van der Waals surface area contributed by atoms with Crippen molar-refractivity contribution in [2.45, 2.75) is 0 Å². The summed E-state index contributed by atoms with van der Waals surface area (Å²) >= 11 is 0. The van der Waals surface area contributed by atoms with Crippen molar-refractivity contribution >= 4 is 35.5 Å². The average molecular weight is 206 g/mol. The zero-order valence-corrected chi connectivity index (χ0v) is 7.40. The van der Waals surface area contributed by atoms with Gasteiger partial charge in [-0.05, 0) is 12.1 Å². The van der Waals surface area contributed by atoms with E-state index in [2.05, 4.69) is 0 Å². The summed E-state index contributed by atoms with van der Waals surface area (Å²) in [4.78, 5) is 10.7. The molecule has 5 heteroatoms. The van der Waals surface area contributed by atoms with Gasteiger partial charge in [0.25, 0.3) is 0 Å². The zero-order valence-electron chi connectivity index (χ0n) is 7.40. The predicted molar refractivity (Wildman–Crippen MR) is 53.7 cm³/mol. The number of carboxylic acid groups (broad SMARTS) is 1. The molecule has 1 N–H and O–H groups in total. The minimum absolute atomic E-state index is 0. The molecule has 72 valence electrons. The van der Waals surface area contributed by atoms with Crippen molar-refractivity contribution in [1.29, 1.82) is 0 Å². The molecule has 0 aliphatic carbocycles. The number of ether oxygens (including phenoxy) is 2. The van der Waals surface area contributed by atoms with E-state index < -0.39 is 5.97 Å². The molecule has 0 saturated carbocycles. The van der Waals surface area contributed by atoms with Crippen LogP contribution < -0.4 is 9.47 Å². The predicted octanol–water partition coefficient (Wildman–Crippen LogP) is 0.753. The summed E-state index contributed by atoms with van der Waals surface area (Å²) in [5.41, 5.74) is 0.128. The van der Waals surface area contributed by atoms with Gasteiger partial charge in [-0.15, -0.1) is 0 Å². The van der Waals surface area contributed by atoms with E-state index in [0.717, 1.165) is 0 Å². The van der Waals surface area contributed by atoms with E-state index in [9.17, 15) is 4.79 Å². The van der Waals surface area contributed by atoms with Gasteiger partial charge in [0, 0.05) is 6.07 Å². The summed E-state index contributed by atoms with van der Waals surface area (Å²) in [6.07, 6.45) is 0.